The molecule has 2 aromatic carbocycles. The normalized spacial score (nSPS) is 19.0. The highest BCUT2D eigenvalue weighted by Gasteiger charge is 2.26. The Bertz CT molecular complexity index is 639. The largest absolute Gasteiger partial charge is 0.366 e. The molecule has 1 aliphatic heterocycles. The summed E-state index contributed by atoms with van der Waals surface area (Å²) in [4.78, 5) is 14.2. The Morgan fingerprint density at radius 1 is 1.05 bits per heavy atom. The number of likely N-dealkylation sites (tertiary alicyclic amines) is 1. The van der Waals surface area contributed by atoms with E-state index in [1.165, 1.54) is 18.4 Å². The van der Waals surface area contributed by atoms with Crippen molar-refractivity contribution in [1.29, 1.82) is 0 Å². The third-order valence-corrected chi connectivity index (χ3v) is 4.43. The summed E-state index contributed by atoms with van der Waals surface area (Å²) in [5.74, 6) is -0.333. The van der Waals surface area contributed by atoms with Gasteiger partial charge in [0.15, 0.2) is 0 Å². The summed E-state index contributed by atoms with van der Waals surface area (Å²) in [5, 5.41) is 0. The van der Waals surface area contributed by atoms with Gasteiger partial charge in [-0.1, -0.05) is 55.0 Å². The number of hydrogen-bond acceptors (Lipinski definition) is 2. The SMILES string of the molecule is NC(=O)c1ccccc1C1CCCCN1Cc1ccccc1. The fraction of sp³-hybridized carbons (Fsp3) is 0.316. The molecule has 1 unspecified atom stereocenters. The summed E-state index contributed by atoms with van der Waals surface area (Å²) in [6, 6.07) is 18.6. The maximum Gasteiger partial charge on any atom is 0.249 e. The van der Waals surface area contributed by atoms with Crippen LogP contribution in [0.4, 0.5) is 0 Å². The third-order valence-electron chi connectivity index (χ3n) is 4.43. The second-order valence-electron chi connectivity index (χ2n) is 5.92. The summed E-state index contributed by atoms with van der Waals surface area (Å²) in [5.41, 5.74) is 8.61. The molecule has 3 heteroatoms. The van der Waals surface area contributed by atoms with Crippen molar-refractivity contribution in [3.8, 4) is 0 Å². The molecule has 2 aromatic rings. The van der Waals surface area contributed by atoms with Crippen LogP contribution in [0.2, 0.25) is 0 Å². The number of carbonyl (C=O) groups is 1. The number of nitrogens with two attached hydrogens (primary N) is 1. The van der Waals surface area contributed by atoms with Crippen LogP contribution in [-0.2, 0) is 6.54 Å². The molecule has 1 amide bonds. The minimum Gasteiger partial charge on any atom is -0.366 e. The Morgan fingerprint density at radius 3 is 2.55 bits per heavy atom. The summed E-state index contributed by atoms with van der Waals surface area (Å²) < 4.78 is 0. The molecule has 3 rings (SSSR count). The Kier molecular flexibility index (Phi) is 4.54. The van der Waals surface area contributed by atoms with Crippen LogP contribution in [0, 0.1) is 0 Å². The molecule has 1 aliphatic rings. The van der Waals surface area contributed by atoms with Crippen LogP contribution in [0.1, 0.15) is 46.8 Å². The van der Waals surface area contributed by atoms with Gasteiger partial charge in [-0.05, 0) is 36.6 Å². The molecule has 3 nitrogen and oxygen atoms in total. The minimum absolute atomic E-state index is 0.276. The molecule has 0 aromatic heterocycles. The van der Waals surface area contributed by atoms with Crippen LogP contribution >= 0.6 is 0 Å². The average Bonchev–Trinajstić information content (AvgIpc) is 2.56. The van der Waals surface area contributed by atoms with E-state index in [2.05, 4.69) is 29.2 Å². The second kappa shape index (κ2) is 6.75. The number of amides is 1. The number of hydrogen-bond donors (Lipinski definition) is 1. The van der Waals surface area contributed by atoms with Gasteiger partial charge >= 0.3 is 0 Å². The Morgan fingerprint density at radius 2 is 1.77 bits per heavy atom. The van der Waals surface area contributed by atoms with Crippen LogP contribution in [-0.4, -0.2) is 17.4 Å². The van der Waals surface area contributed by atoms with Crippen LogP contribution in [0.3, 0.4) is 0 Å². The van der Waals surface area contributed by atoms with E-state index in [1.807, 2.05) is 30.3 Å². The lowest BCUT2D eigenvalue weighted by atomic mass is 9.91. The predicted molar refractivity (Wildman–Crippen MR) is 88.4 cm³/mol. The molecular weight excluding hydrogens is 272 g/mol. The zero-order valence-electron chi connectivity index (χ0n) is 12.7. The molecule has 1 fully saturated rings. The van der Waals surface area contributed by atoms with Gasteiger partial charge < -0.3 is 5.73 Å². The highest BCUT2D eigenvalue weighted by molar-refractivity contribution is 5.94. The summed E-state index contributed by atoms with van der Waals surface area (Å²) in [6.45, 7) is 1.98. The van der Waals surface area contributed by atoms with E-state index in [4.69, 9.17) is 5.73 Å². The molecule has 1 saturated heterocycles. The fourth-order valence-corrected chi connectivity index (χ4v) is 3.36. The lowest BCUT2D eigenvalue weighted by Gasteiger charge is -2.36. The van der Waals surface area contributed by atoms with Gasteiger partial charge in [-0.3, -0.25) is 9.69 Å². The summed E-state index contributed by atoms with van der Waals surface area (Å²) >= 11 is 0. The highest BCUT2D eigenvalue weighted by Crippen LogP contribution is 2.33. The van der Waals surface area contributed by atoms with Gasteiger partial charge in [0.05, 0.1) is 0 Å². The summed E-state index contributed by atoms with van der Waals surface area (Å²) in [7, 11) is 0. The van der Waals surface area contributed by atoms with Gasteiger partial charge in [-0.25, -0.2) is 0 Å². The maximum atomic E-state index is 11.7. The molecule has 0 aliphatic carbocycles. The highest BCUT2D eigenvalue weighted by atomic mass is 16.1. The fourth-order valence-electron chi connectivity index (χ4n) is 3.36. The number of nitrogens with zero attached hydrogens (tertiary/aromatic N) is 1. The van der Waals surface area contributed by atoms with Crippen LogP contribution < -0.4 is 5.73 Å². The molecule has 2 N–H and O–H groups in total. The smallest absolute Gasteiger partial charge is 0.249 e. The van der Waals surface area contributed by atoms with Crippen molar-refractivity contribution in [1.82, 2.24) is 4.90 Å². The molecule has 1 atom stereocenters. The van der Waals surface area contributed by atoms with Crippen molar-refractivity contribution in [3.63, 3.8) is 0 Å². The molecule has 22 heavy (non-hydrogen) atoms. The number of rotatable bonds is 4. The average molecular weight is 294 g/mol. The van der Waals surface area contributed by atoms with Crippen LogP contribution in [0.5, 0.6) is 0 Å². The zero-order chi connectivity index (χ0) is 15.4. The van der Waals surface area contributed by atoms with E-state index >= 15 is 0 Å². The molecule has 1 heterocycles. The van der Waals surface area contributed by atoms with E-state index in [0.29, 0.717) is 5.56 Å². The van der Waals surface area contributed by atoms with E-state index < -0.39 is 0 Å². The van der Waals surface area contributed by atoms with Crippen molar-refractivity contribution >= 4 is 5.91 Å². The van der Waals surface area contributed by atoms with Gasteiger partial charge in [0, 0.05) is 18.2 Å². The summed E-state index contributed by atoms with van der Waals surface area (Å²) in [6.07, 6.45) is 3.49. The van der Waals surface area contributed by atoms with Crippen LogP contribution in [0.15, 0.2) is 54.6 Å². The van der Waals surface area contributed by atoms with E-state index in [9.17, 15) is 4.79 Å². The molecule has 0 radical (unpaired) electrons. The first-order valence-corrected chi connectivity index (χ1v) is 7.92. The molecule has 0 bridgehead atoms. The van der Waals surface area contributed by atoms with Gasteiger partial charge in [-0.15, -0.1) is 0 Å². The molecule has 0 saturated carbocycles. The van der Waals surface area contributed by atoms with Crippen molar-refractivity contribution in [2.24, 2.45) is 5.73 Å². The zero-order valence-corrected chi connectivity index (χ0v) is 12.7. The van der Waals surface area contributed by atoms with Gasteiger partial charge in [0.25, 0.3) is 0 Å². The Balaban J connectivity index is 1.88. The molecular formula is C19H22N2O. The van der Waals surface area contributed by atoms with E-state index in [-0.39, 0.29) is 11.9 Å². The van der Waals surface area contributed by atoms with Crippen molar-refractivity contribution in [2.75, 3.05) is 6.54 Å². The first-order chi connectivity index (χ1) is 10.8. The first-order valence-electron chi connectivity index (χ1n) is 7.92. The molecule has 0 spiro atoms. The van der Waals surface area contributed by atoms with Crippen molar-refractivity contribution in [2.45, 2.75) is 31.8 Å². The van der Waals surface area contributed by atoms with Gasteiger partial charge in [-0.2, -0.15) is 0 Å². The lowest BCUT2D eigenvalue weighted by Crippen LogP contribution is -2.34. The van der Waals surface area contributed by atoms with Crippen molar-refractivity contribution < 1.29 is 4.79 Å². The minimum atomic E-state index is -0.333. The standard InChI is InChI=1S/C19H22N2O/c20-19(22)17-11-5-4-10-16(17)18-12-6-7-13-21(18)14-15-8-2-1-3-9-15/h1-5,8-11,18H,6-7,12-14H2,(H2,20,22). The predicted octanol–water partition coefficient (Wildman–Crippen LogP) is 3.51. The quantitative estimate of drug-likeness (QED) is 0.938. The Labute approximate surface area is 131 Å². The van der Waals surface area contributed by atoms with Gasteiger partial charge in [0.1, 0.15) is 0 Å². The molecule has 114 valence electrons. The topological polar surface area (TPSA) is 46.3 Å². The van der Waals surface area contributed by atoms with Crippen molar-refractivity contribution in [3.05, 3.63) is 71.3 Å². The van der Waals surface area contributed by atoms with Gasteiger partial charge in [0.2, 0.25) is 5.91 Å². The van der Waals surface area contributed by atoms with Crippen LogP contribution in [0.25, 0.3) is 0 Å². The number of benzene rings is 2. The Hall–Kier alpha value is -2.13. The van der Waals surface area contributed by atoms with E-state index in [1.54, 1.807) is 0 Å². The first kappa shape index (κ1) is 14.8. The number of carbonyl (C=O) groups excluding carboxylic acids is 1. The number of piperidine rings is 1. The maximum absolute atomic E-state index is 11.7. The van der Waals surface area contributed by atoms with E-state index in [0.717, 1.165) is 25.1 Å². The number of primary amides is 1. The third kappa shape index (κ3) is 3.20. The monoisotopic (exact) mass is 294 g/mol. The lowest BCUT2D eigenvalue weighted by molar-refractivity contribution is 0.0990. The second-order valence-corrected chi connectivity index (χ2v) is 5.92.